The molecule has 6 rings (SSSR count). The Hall–Kier alpha value is -5.00. The SMILES string of the molecule is CN(C)C(CC(Oc1cccc2ccccc12)c1cccs1)OC(=O)/C=C\C(=O)OC(CC(Oc1cccc2ccccc12)c1cccs1)N(C)C. The Kier molecular flexibility index (Phi) is 12.4. The van der Waals surface area contributed by atoms with Gasteiger partial charge in [0.25, 0.3) is 0 Å². The average molecular weight is 735 g/mol. The molecule has 0 amide bonds. The summed E-state index contributed by atoms with van der Waals surface area (Å²) in [6.45, 7) is 0. The third kappa shape index (κ3) is 9.45. The predicted octanol–water partition coefficient (Wildman–Crippen LogP) is 9.25. The van der Waals surface area contributed by atoms with Gasteiger partial charge in [0.05, 0.1) is 0 Å². The van der Waals surface area contributed by atoms with Crippen molar-refractivity contribution in [3.05, 3.63) is 142 Å². The van der Waals surface area contributed by atoms with E-state index < -0.39 is 24.4 Å². The van der Waals surface area contributed by atoms with Crippen molar-refractivity contribution < 1.29 is 28.5 Å². The van der Waals surface area contributed by atoms with Crippen LogP contribution in [-0.4, -0.2) is 62.4 Å². The van der Waals surface area contributed by atoms with Gasteiger partial charge < -0.3 is 18.9 Å². The summed E-state index contributed by atoms with van der Waals surface area (Å²) in [5.41, 5.74) is 0. The van der Waals surface area contributed by atoms with Crippen LogP contribution in [-0.2, 0) is 19.1 Å². The number of esters is 2. The number of carbonyl (C=O) groups excluding carboxylic acids is 2. The van der Waals surface area contributed by atoms with Crippen LogP contribution in [0.4, 0.5) is 0 Å². The number of ether oxygens (including phenoxy) is 4. The summed E-state index contributed by atoms with van der Waals surface area (Å²) < 4.78 is 24.9. The zero-order valence-corrected chi connectivity index (χ0v) is 31.2. The van der Waals surface area contributed by atoms with Crippen LogP contribution in [0.2, 0.25) is 0 Å². The van der Waals surface area contributed by atoms with Gasteiger partial charge in [0.1, 0.15) is 23.7 Å². The van der Waals surface area contributed by atoms with Crippen molar-refractivity contribution in [1.29, 1.82) is 0 Å². The highest BCUT2D eigenvalue weighted by Crippen LogP contribution is 2.36. The molecule has 4 unspecified atom stereocenters. The third-order valence-electron chi connectivity index (χ3n) is 8.60. The third-order valence-corrected chi connectivity index (χ3v) is 10.5. The highest BCUT2D eigenvalue weighted by molar-refractivity contribution is 7.10. The van der Waals surface area contributed by atoms with Gasteiger partial charge in [-0.15, -0.1) is 22.7 Å². The van der Waals surface area contributed by atoms with Crippen LogP contribution in [0.5, 0.6) is 11.5 Å². The van der Waals surface area contributed by atoms with Crippen LogP contribution in [0.15, 0.2) is 132 Å². The second-order valence-corrected chi connectivity index (χ2v) is 14.7. The number of rotatable bonds is 16. The molecule has 8 nitrogen and oxygen atoms in total. The summed E-state index contributed by atoms with van der Waals surface area (Å²) in [5, 5.41) is 8.16. The standard InChI is InChI=1S/C42H42N2O6S2/c1-43(2)39(27-35(37-21-11-25-51-37)47-33-19-9-15-29-13-5-7-17-31(29)33)49-41(45)23-24-42(46)50-40(44(3)4)28-36(38-22-12-26-52-38)48-34-20-10-16-30-14-6-8-18-32(30)34/h5-26,35-36,39-40H,27-28H2,1-4H3/b24-23-. The Bertz CT molecular complexity index is 1930. The molecular weight excluding hydrogens is 693 g/mol. The van der Waals surface area contributed by atoms with Gasteiger partial charge in [0.15, 0.2) is 12.5 Å². The first-order valence-electron chi connectivity index (χ1n) is 17.0. The molecule has 0 N–H and O–H groups in total. The Morgan fingerprint density at radius 2 is 0.962 bits per heavy atom. The summed E-state index contributed by atoms with van der Waals surface area (Å²) >= 11 is 3.17. The summed E-state index contributed by atoms with van der Waals surface area (Å²) in [6.07, 6.45) is 0.918. The molecule has 4 atom stereocenters. The minimum atomic E-state index is -0.664. The molecule has 0 radical (unpaired) electrons. The molecule has 10 heteroatoms. The maximum absolute atomic E-state index is 13.1. The van der Waals surface area contributed by atoms with E-state index in [0.29, 0.717) is 12.8 Å². The van der Waals surface area contributed by atoms with Gasteiger partial charge in [-0.05, 0) is 74.0 Å². The number of thiophene rings is 2. The number of hydrogen-bond donors (Lipinski definition) is 0. The van der Waals surface area contributed by atoms with Gasteiger partial charge in [-0.25, -0.2) is 9.59 Å². The molecule has 0 spiro atoms. The van der Waals surface area contributed by atoms with Gasteiger partial charge in [0, 0.05) is 45.5 Å². The molecule has 6 aromatic rings. The number of hydrogen-bond acceptors (Lipinski definition) is 10. The predicted molar refractivity (Wildman–Crippen MR) is 209 cm³/mol. The fourth-order valence-electron chi connectivity index (χ4n) is 5.87. The molecule has 2 aromatic heterocycles. The molecule has 0 aliphatic rings. The molecule has 0 saturated heterocycles. The first-order chi connectivity index (χ1) is 25.2. The number of nitrogens with zero attached hydrogens (tertiary/aromatic N) is 2. The normalized spacial score (nSPS) is 14.0. The monoisotopic (exact) mass is 734 g/mol. The second kappa shape index (κ2) is 17.5. The topological polar surface area (TPSA) is 77.5 Å². The van der Waals surface area contributed by atoms with E-state index in [-0.39, 0.29) is 12.2 Å². The molecule has 52 heavy (non-hydrogen) atoms. The zero-order valence-electron chi connectivity index (χ0n) is 29.6. The van der Waals surface area contributed by atoms with Crippen LogP contribution < -0.4 is 9.47 Å². The lowest BCUT2D eigenvalue weighted by Crippen LogP contribution is -2.35. The Labute approximate surface area is 312 Å². The molecule has 0 bridgehead atoms. The summed E-state index contributed by atoms with van der Waals surface area (Å²) in [5.74, 6) is 0.176. The first kappa shape index (κ1) is 36.8. The molecule has 2 heterocycles. The van der Waals surface area contributed by atoms with Gasteiger partial charge in [-0.3, -0.25) is 9.80 Å². The molecule has 0 saturated carbocycles. The van der Waals surface area contributed by atoms with Crippen LogP contribution in [0.3, 0.4) is 0 Å². The smallest absolute Gasteiger partial charge is 0.332 e. The van der Waals surface area contributed by atoms with Crippen molar-refractivity contribution >= 4 is 56.2 Å². The fourth-order valence-corrected chi connectivity index (χ4v) is 7.41. The van der Waals surface area contributed by atoms with E-state index in [9.17, 15) is 9.59 Å². The van der Waals surface area contributed by atoms with Crippen molar-refractivity contribution in [3.8, 4) is 11.5 Å². The highest BCUT2D eigenvalue weighted by atomic mass is 32.1. The Morgan fingerprint density at radius 3 is 1.35 bits per heavy atom. The maximum Gasteiger partial charge on any atom is 0.332 e. The number of benzene rings is 4. The zero-order chi connectivity index (χ0) is 36.5. The van der Waals surface area contributed by atoms with E-state index in [2.05, 4.69) is 0 Å². The summed E-state index contributed by atoms with van der Waals surface area (Å²) in [4.78, 5) is 31.9. The van der Waals surface area contributed by atoms with E-state index in [1.165, 1.54) is 0 Å². The molecule has 4 aromatic carbocycles. The van der Waals surface area contributed by atoms with E-state index in [0.717, 1.165) is 55.0 Å². The van der Waals surface area contributed by atoms with Crippen LogP contribution in [0, 0.1) is 0 Å². The molecular formula is C42H42N2O6S2. The largest absolute Gasteiger partial charge is 0.484 e. The van der Waals surface area contributed by atoms with Crippen LogP contribution >= 0.6 is 22.7 Å². The lowest BCUT2D eigenvalue weighted by Gasteiger charge is -2.28. The second-order valence-electron chi connectivity index (χ2n) is 12.7. The lowest BCUT2D eigenvalue weighted by atomic mass is 10.1. The molecule has 0 aliphatic carbocycles. The van der Waals surface area contributed by atoms with Crippen LogP contribution in [0.25, 0.3) is 21.5 Å². The van der Waals surface area contributed by atoms with Crippen molar-refractivity contribution in [2.75, 3.05) is 28.2 Å². The quantitative estimate of drug-likeness (QED) is 0.0554. The van der Waals surface area contributed by atoms with E-state index >= 15 is 0 Å². The van der Waals surface area contributed by atoms with Crippen molar-refractivity contribution in [1.82, 2.24) is 9.80 Å². The van der Waals surface area contributed by atoms with Gasteiger partial charge >= 0.3 is 11.9 Å². The van der Waals surface area contributed by atoms with E-state index in [1.54, 1.807) is 22.7 Å². The van der Waals surface area contributed by atoms with E-state index in [4.69, 9.17) is 18.9 Å². The summed E-state index contributed by atoms with van der Waals surface area (Å²) in [7, 11) is 7.35. The number of fused-ring (bicyclic) bond motifs is 2. The van der Waals surface area contributed by atoms with Crippen molar-refractivity contribution in [2.45, 2.75) is 37.5 Å². The Morgan fingerprint density at radius 1 is 0.558 bits per heavy atom. The average Bonchev–Trinajstić information content (AvgIpc) is 3.89. The molecule has 268 valence electrons. The van der Waals surface area contributed by atoms with Gasteiger partial charge in [-0.2, -0.15) is 0 Å². The maximum atomic E-state index is 13.1. The van der Waals surface area contributed by atoms with Gasteiger partial charge in [-0.1, -0.05) is 84.9 Å². The minimum absolute atomic E-state index is 0.365. The first-order valence-corrected chi connectivity index (χ1v) is 18.8. The fraction of sp³-hybridized carbons (Fsp3) is 0.238. The van der Waals surface area contributed by atoms with Crippen molar-refractivity contribution in [3.63, 3.8) is 0 Å². The van der Waals surface area contributed by atoms with Crippen molar-refractivity contribution in [2.24, 2.45) is 0 Å². The Balaban J connectivity index is 1.11. The molecule has 0 aliphatic heterocycles. The van der Waals surface area contributed by atoms with Crippen LogP contribution in [0.1, 0.15) is 34.8 Å². The molecule has 0 fully saturated rings. The summed E-state index contributed by atoms with van der Waals surface area (Å²) in [6, 6.07) is 36.1. The lowest BCUT2D eigenvalue weighted by molar-refractivity contribution is -0.156. The van der Waals surface area contributed by atoms with Gasteiger partial charge in [0.2, 0.25) is 0 Å². The number of carbonyl (C=O) groups is 2. The highest BCUT2D eigenvalue weighted by Gasteiger charge is 2.27. The van der Waals surface area contributed by atoms with E-state index in [1.807, 2.05) is 158 Å². The minimum Gasteiger partial charge on any atom is -0.484 e.